The number of methoxy groups -OCH3 is 1. The Labute approximate surface area is 165 Å². The molecule has 1 heterocycles. The molecule has 2 atom stereocenters. The third-order valence-corrected chi connectivity index (χ3v) is 4.50. The van der Waals surface area contributed by atoms with Crippen molar-refractivity contribution in [1.82, 2.24) is 10.3 Å². The summed E-state index contributed by atoms with van der Waals surface area (Å²) in [6, 6.07) is 7.85. The zero-order chi connectivity index (χ0) is 20.5. The van der Waals surface area contributed by atoms with Crippen LogP contribution >= 0.6 is 0 Å². The number of ether oxygens (including phenoxy) is 2. The van der Waals surface area contributed by atoms with Gasteiger partial charge in [-0.15, -0.1) is 6.58 Å². The Morgan fingerprint density at radius 3 is 2.68 bits per heavy atom. The van der Waals surface area contributed by atoms with Crippen molar-refractivity contribution in [2.75, 3.05) is 7.11 Å². The van der Waals surface area contributed by atoms with Crippen LogP contribution in [0.2, 0.25) is 0 Å². The highest BCUT2D eigenvalue weighted by atomic mass is 16.6. The van der Waals surface area contributed by atoms with Gasteiger partial charge in [0.2, 0.25) is 0 Å². The summed E-state index contributed by atoms with van der Waals surface area (Å²) in [5.74, 6) is -0.261. The first-order chi connectivity index (χ1) is 13.5. The van der Waals surface area contributed by atoms with E-state index in [2.05, 4.69) is 16.9 Å². The maximum absolute atomic E-state index is 12.8. The van der Waals surface area contributed by atoms with Crippen molar-refractivity contribution in [3.63, 3.8) is 0 Å². The maximum Gasteiger partial charge on any atom is 0.334 e. The monoisotopic (exact) mass is 382 g/mol. The second-order valence-corrected chi connectivity index (χ2v) is 6.48. The van der Waals surface area contributed by atoms with Crippen LogP contribution in [0.3, 0.4) is 0 Å². The quantitative estimate of drug-likeness (QED) is 0.408. The average Bonchev–Trinajstić information content (AvgIpc) is 2.73. The molecular formula is C22H26N2O4. The van der Waals surface area contributed by atoms with Crippen LogP contribution in [0.15, 0.2) is 55.4 Å². The molecule has 0 aliphatic rings. The fourth-order valence-corrected chi connectivity index (χ4v) is 2.65. The number of hydrogen-bond acceptors (Lipinski definition) is 5. The minimum absolute atomic E-state index is 0.112. The number of carbonyl (C=O) groups excluding carboxylic acids is 2. The molecular weight excluding hydrogens is 356 g/mol. The van der Waals surface area contributed by atoms with Gasteiger partial charge in [-0.05, 0) is 42.2 Å². The largest absolute Gasteiger partial charge is 0.493 e. The van der Waals surface area contributed by atoms with E-state index in [1.54, 1.807) is 36.5 Å². The number of rotatable bonds is 9. The van der Waals surface area contributed by atoms with Crippen molar-refractivity contribution >= 4 is 11.9 Å². The number of esters is 1. The highest BCUT2D eigenvalue weighted by Crippen LogP contribution is 2.29. The Kier molecular flexibility index (Phi) is 7.75. The van der Waals surface area contributed by atoms with Crippen LogP contribution in [0.4, 0.5) is 0 Å². The Bertz CT molecular complexity index is 821. The van der Waals surface area contributed by atoms with E-state index in [-0.39, 0.29) is 11.8 Å². The molecule has 6 nitrogen and oxygen atoms in total. The van der Waals surface area contributed by atoms with Gasteiger partial charge in [0.05, 0.1) is 12.7 Å². The van der Waals surface area contributed by atoms with Crippen LogP contribution in [-0.2, 0) is 11.2 Å². The summed E-state index contributed by atoms with van der Waals surface area (Å²) in [5.41, 5.74) is 1.38. The van der Waals surface area contributed by atoms with Gasteiger partial charge in [-0.3, -0.25) is 9.78 Å². The summed E-state index contributed by atoms with van der Waals surface area (Å²) in [4.78, 5) is 29.2. The summed E-state index contributed by atoms with van der Waals surface area (Å²) in [6.07, 6.45) is 6.20. The molecule has 148 valence electrons. The zero-order valence-corrected chi connectivity index (χ0v) is 16.5. The normalized spacial score (nSPS) is 12.5. The van der Waals surface area contributed by atoms with Gasteiger partial charge in [0.15, 0.2) is 11.5 Å². The molecule has 0 fully saturated rings. The van der Waals surface area contributed by atoms with Gasteiger partial charge in [-0.2, -0.15) is 0 Å². The number of amides is 1. The number of nitrogens with zero attached hydrogens (tertiary/aromatic N) is 1. The second kappa shape index (κ2) is 10.3. The van der Waals surface area contributed by atoms with Crippen molar-refractivity contribution in [3.05, 3.63) is 66.5 Å². The molecule has 0 saturated heterocycles. The van der Waals surface area contributed by atoms with E-state index >= 15 is 0 Å². The standard InChI is InChI=1S/C22H26N2O4/c1-5-8-16-10-11-18(19(13-16)27-4)28-22(26)20(15(3)6-2)24-21(25)17-9-7-12-23-14-17/h5,7,9-15,20H,1,6,8H2,2-4H3,(H,24,25). The molecule has 0 bridgehead atoms. The van der Waals surface area contributed by atoms with E-state index in [1.807, 2.05) is 19.9 Å². The third kappa shape index (κ3) is 5.42. The van der Waals surface area contributed by atoms with Gasteiger partial charge in [-0.1, -0.05) is 32.4 Å². The van der Waals surface area contributed by atoms with E-state index in [1.165, 1.54) is 13.3 Å². The Hall–Kier alpha value is -3.15. The number of aromatic nitrogens is 1. The molecule has 0 aliphatic carbocycles. The molecule has 6 heteroatoms. The van der Waals surface area contributed by atoms with Gasteiger partial charge in [-0.25, -0.2) is 4.79 Å². The fraction of sp³-hybridized carbons (Fsp3) is 0.318. The van der Waals surface area contributed by atoms with Crippen molar-refractivity contribution in [2.24, 2.45) is 5.92 Å². The lowest BCUT2D eigenvalue weighted by Gasteiger charge is -2.23. The van der Waals surface area contributed by atoms with Crippen molar-refractivity contribution in [1.29, 1.82) is 0 Å². The Morgan fingerprint density at radius 1 is 1.29 bits per heavy atom. The summed E-state index contributed by atoms with van der Waals surface area (Å²) < 4.78 is 10.9. The van der Waals surface area contributed by atoms with Crippen molar-refractivity contribution < 1.29 is 19.1 Å². The number of benzene rings is 1. The van der Waals surface area contributed by atoms with E-state index < -0.39 is 12.0 Å². The molecule has 0 spiro atoms. The van der Waals surface area contributed by atoms with Crippen LogP contribution in [0.25, 0.3) is 0 Å². The zero-order valence-electron chi connectivity index (χ0n) is 16.5. The average molecular weight is 382 g/mol. The second-order valence-electron chi connectivity index (χ2n) is 6.48. The van der Waals surface area contributed by atoms with E-state index in [0.717, 1.165) is 5.56 Å². The first kappa shape index (κ1) is 21.2. The predicted octanol–water partition coefficient (Wildman–Crippen LogP) is 3.57. The van der Waals surface area contributed by atoms with E-state index in [9.17, 15) is 9.59 Å². The molecule has 28 heavy (non-hydrogen) atoms. The maximum atomic E-state index is 12.8. The molecule has 2 aromatic rings. The van der Waals surface area contributed by atoms with Crippen LogP contribution < -0.4 is 14.8 Å². The Morgan fingerprint density at radius 2 is 2.07 bits per heavy atom. The third-order valence-electron chi connectivity index (χ3n) is 4.50. The number of carbonyl (C=O) groups is 2. The lowest BCUT2D eigenvalue weighted by atomic mass is 9.99. The summed E-state index contributed by atoms with van der Waals surface area (Å²) >= 11 is 0. The Balaban J connectivity index is 2.19. The SMILES string of the molecule is C=CCc1ccc(OC(=O)C(NC(=O)c2cccnc2)C(C)CC)c(OC)c1. The van der Waals surface area contributed by atoms with Crippen molar-refractivity contribution in [3.8, 4) is 11.5 Å². The number of hydrogen-bond donors (Lipinski definition) is 1. The molecule has 0 saturated carbocycles. The molecule has 1 amide bonds. The fourth-order valence-electron chi connectivity index (χ4n) is 2.65. The topological polar surface area (TPSA) is 77.5 Å². The first-order valence-corrected chi connectivity index (χ1v) is 9.20. The van der Waals surface area contributed by atoms with Gasteiger partial charge in [0.25, 0.3) is 5.91 Å². The highest BCUT2D eigenvalue weighted by molar-refractivity contribution is 5.96. The summed E-state index contributed by atoms with van der Waals surface area (Å²) in [5, 5.41) is 2.77. The lowest BCUT2D eigenvalue weighted by Crippen LogP contribution is -2.47. The minimum Gasteiger partial charge on any atom is -0.493 e. The highest BCUT2D eigenvalue weighted by Gasteiger charge is 2.29. The number of allylic oxidation sites excluding steroid dienone is 1. The molecule has 0 radical (unpaired) electrons. The molecule has 1 N–H and O–H groups in total. The van der Waals surface area contributed by atoms with E-state index in [4.69, 9.17) is 9.47 Å². The van der Waals surface area contributed by atoms with Crippen LogP contribution in [-0.4, -0.2) is 30.0 Å². The first-order valence-electron chi connectivity index (χ1n) is 9.20. The van der Waals surface area contributed by atoms with Gasteiger partial charge >= 0.3 is 5.97 Å². The van der Waals surface area contributed by atoms with E-state index in [0.29, 0.717) is 29.9 Å². The lowest BCUT2D eigenvalue weighted by molar-refractivity contribution is -0.138. The number of pyridine rings is 1. The molecule has 1 aromatic heterocycles. The smallest absolute Gasteiger partial charge is 0.334 e. The minimum atomic E-state index is -0.796. The summed E-state index contributed by atoms with van der Waals surface area (Å²) in [6.45, 7) is 7.55. The van der Waals surface area contributed by atoms with Crippen LogP contribution in [0.5, 0.6) is 11.5 Å². The molecule has 2 rings (SSSR count). The number of nitrogens with one attached hydrogen (secondary N) is 1. The van der Waals surface area contributed by atoms with Gasteiger partial charge in [0.1, 0.15) is 6.04 Å². The van der Waals surface area contributed by atoms with Gasteiger partial charge < -0.3 is 14.8 Å². The molecule has 2 unspecified atom stereocenters. The molecule has 0 aliphatic heterocycles. The summed E-state index contributed by atoms with van der Waals surface area (Å²) in [7, 11) is 1.51. The predicted molar refractivity (Wildman–Crippen MR) is 107 cm³/mol. The van der Waals surface area contributed by atoms with Crippen LogP contribution in [0, 0.1) is 5.92 Å². The van der Waals surface area contributed by atoms with Crippen LogP contribution in [0.1, 0.15) is 36.2 Å². The molecule has 1 aromatic carbocycles. The van der Waals surface area contributed by atoms with Gasteiger partial charge in [0, 0.05) is 12.4 Å². The van der Waals surface area contributed by atoms with Crippen molar-refractivity contribution in [2.45, 2.75) is 32.7 Å².